The van der Waals surface area contributed by atoms with Gasteiger partial charge in [0.05, 0.1) is 23.3 Å². The van der Waals surface area contributed by atoms with Crippen LogP contribution < -0.4 is 4.31 Å². The minimum Gasteiger partial charge on any atom is -0.465 e. The monoisotopic (exact) mass is 319 g/mol. The Hall–Kier alpha value is -2.34. The summed E-state index contributed by atoms with van der Waals surface area (Å²) in [6.07, 6.45) is 0. The van der Waals surface area contributed by atoms with Crippen LogP contribution in [0.1, 0.15) is 15.9 Å². The molecule has 0 aliphatic heterocycles. The summed E-state index contributed by atoms with van der Waals surface area (Å²) in [5.41, 5.74) is 1.67. The number of nitrogens with zero attached hydrogens (tertiary/aromatic N) is 1. The van der Waals surface area contributed by atoms with Crippen LogP contribution in [0.5, 0.6) is 0 Å². The third kappa shape index (κ3) is 3.12. The van der Waals surface area contributed by atoms with Crippen LogP contribution in [0.3, 0.4) is 0 Å². The van der Waals surface area contributed by atoms with E-state index in [1.165, 1.54) is 20.2 Å². The summed E-state index contributed by atoms with van der Waals surface area (Å²) in [7, 11) is -0.947. The highest BCUT2D eigenvalue weighted by Crippen LogP contribution is 2.23. The number of methoxy groups -OCH3 is 1. The lowest BCUT2D eigenvalue weighted by Crippen LogP contribution is -2.26. The van der Waals surface area contributed by atoms with Crippen LogP contribution in [0, 0.1) is 6.92 Å². The topological polar surface area (TPSA) is 63.7 Å². The Balaban J connectivity index is 2.40. The Morgan fingerprint density at radius 3 is 2.32 bits per heavy atom. The first-order chi connectivity index (χ1) is 10.4. The van der Waals surface area contributed by atoms with Gasteiger partial charge in [0.2, 0.25) is 0 Å². The lowest BCUT2D eigenvalue weighted by atomic mass is 10.2. The summed E-state index contributed by atoms with van der Waals surface area (Å²) < 4.78 is 31.0. The molecule has 0 bridgehead atoms. The standard InChI is InChI=1S/C16H17NO4S/c1-12-7-9-15(10-8-12)22(19,20)17(2)14-6-4-5-13(11-14)16(18)21-3/h4-11H,1-3H3. The predicted molar refractivity (Wildman–Crippen MR) is 84.5 cm³/mol. The van der Waals surface area contributed by atoms with Crippen molar-refractivity contribution in [2.45, 2.75) is 11.8 Å². The normalized spacial score (nSPS) is 11.0. The van der Waals surface area contributed by atoms with Gasteiger partial charge >= 0.3 is 5.97 Å². The van der Waals surface area contributed by atoms with Crippen molar-refractivity contribution in [3.63, 3.8) is 0 Å². The average Bonchev–Trinajstić information content (AvgIpc) is 2.53. The molecule has 5 nitrogen and oxygen atoms in total. The Morgan fingerprint density at radius 2 is 1.73 bits per heavy atom. The summed E-state index contributed by atoms with van der Waals surface area (Å²) in [5, 5.41) is 0. The molecular weight excluding hydrogens is 302 g/mol. The first kappa shape index (κ1) is 16.0. The summed E-state index contributed by atoms with van der Waals surface area (Å²) in [4.78, 5) is 11.8. The number of hydrogen-bond acceptors (Lipinski definition) is 4. The zero-order chi connectivity index (χ0) is 16.3. The molecule has 0 spiro atoms. The number of sulfonamides is 1. The van der Waals surface area contributed by atoms with Gasteiger partial charge in [-0.2, -0.15) is 0 Å². The molecule has 0 saturated carbocycles. The molecule has 0 unspecified atom stereocenters. The number of rotatable bonds is 4. The van der Waals surface area contributed by atoms with Crippen LogP contribution in [0.4, 0.5) is 5.69 Å². The van der Waals surface area contributed by atoms with Crippen LogP contribution in [0.2, 0.25) is 0 Å². The van der Waals surface area contributed by atoms with Gasteiger partial charge in [0.25, 0.3) is 10.0 Å². The van der Waals surface area contributed by atoms with Crippen molar-refractivity contribution in [3.05, 3.63) is 59.7 Å². The number of carbonyl (C=O) groups excluding carboxylic acids is 1. The highest BCUT2D eigenvalue weighted by molar-refractivity contribution is 7.92. The maximum atomic E-state index is 12.6. The van der Waals surface area contributed by atoms with Crippen molar-refractivity contribution in [2.24, 2.45) is 0 Å². The number of esters is 1. The van der Waals surface area contributed by atoms with E-state index in [-0.39, 0.29) is 4.90 Å². The van der Waals surface area contributed by atoms with Crippen molar-refractivity contribution in [3.8, 4) is 0 Å². The molecule has 0 aromatic heterocycles. The van der Waals surface area contributed by atoms with Gasteiger partial charge in [-0.25, -0.2) is 13.2 Å². The SMILES string of the molecule is COC(=O)c1cccc(N(C)S(=O)(=O)c2ccc(C)cc2)c1. The Bertz CT molecular complexity index is 782. The number of ether oxygens (including phenoxy) is 1. The zero-order valence-electron chi connectivity index (χ0n) is 12.6. The number of benzene rings is 2. The van der Waals surface area contributed by atoms with E-state index in [0.717, 1.165) is 9.87 Å². The smallest absolute Gasteiger partial charge is 0.337 e. The van der Waals surface area contributed by atoms with Gasteiger partial charge in [-0.15, -0.1) is 0 Å². The van der Waals surface area contributed by atoms with E-state index in [1.807, 2.05) is 6.92 Å². The molecule has 2 aromatic carbocycles. The molecule has 22 heavy (non-hydrogen) atoms. The predicted octanol–water partition coefficient (Wildman–Crippen LogP) is 2.61. The fourth-order valence-corrected chi connectivity index (χ4v) is 3.14. The average molecular weight is 319 g/mol. The molecule has 0 amide bonds. The number of hydrogen-bond donors (Lipinski definition) is 0. The third-order valence-corrected chi connectivity index (χ3v) is 5.11. The fourth-order valence-electron chi connectivity index (χ4n) is 1.95. The molecule has 0 fully saturated rings. The Kier molecular flexibility index (Phi) is 4.51. The summed E-state index contributed by atoms with van der Waals surface area (Å²) in [5.74, 6) is -0.511. The van der Waals surface area contributed by atoms with E-state index >= 15 is 0 Å². The largest absolute Gasteiger partial charge is 0.465 e. The van der Waals surface area contributed by atoms with Gasteiger partial charge in [-0.1, -0.05) is 23.8 Å². The molecule has 2 aromatic rings. The highest BCUT2D eigenvalue weighted by atomic mass is 32.2. The minimum absolute atomic E-state index is 0.198. The van der Waals surface area contributed by atoms with Gasteiger partial charge in [-0.05, 0) is 37.3 Å². The molecule has 0 aliphatic rings. The molecule has 2 rings (SSSR count). The van der Waals surface area contributed by atoms with Crippen molar-refractivity contribution >= 4 is 21.7 Å². The third-order valence-electron chi connectivity index (χ3n) is 3.31. The van der Waals surface area contributed by atoms with Gasteiger partial charge in [0, 0.05) is 7.05 Å². The van der Waals surface area contributed by atoms with Crippen LogP contribution in [0.25, 0.3) is 0 Å². The highest BCUT2D eigenvalue weighted by Gasteiger charge is 2.21. The maximum absolute atomic E-state index is 12.6. The number of carbonyl (C=O) groups is 1. The van der Waals surface area contributed by atoms with E-state index in [9.17, 15) is 13.2 Å². The second-order valence-corrected chi connectivity index (χ2v) is 6.80. The fraction of sp³-hybridized carbons (Fsp3) is 0.188. The minimum atomic E-state index is -3.68. The molecular formula is C16H17NO4S. The van der Waals surface area contributed by atoms with Crippen LogP contribution >= 0.6 is 0 Å². The maximum Gasteiger partial charge on any atom is 0.337 e. The Morgan fingerprint density at radius 1 is 1.09 bits per heavy atom. The molecule has 116 valence electrons. The van der Waals surface area contributed by atoms with Crippen molar-refractivity contribution in [2.75, 3.05) is 18.5 Å². The summed E-state index contributed by atoms with van der Waals surface area (Å²) >= 11 is 0. The summed E-state index contributed by atoms with van der Waals surface area (Å²) in [6, 6.07) is 12.9. The number of aryl methyl sites for hydroxylation is 1. The molecule has 0 atom stereocenters. The van der Waals surface area contributed by atoms with E-state index in [4.69, 9.17) is 0 Å². The lowest BCUT2D eigenvalue weighted by Gasteiger charge is -2.20. The molecule has 6 heteroatoms. The van der Waals surface area contributed by atoms with E-state index in [0.29, 0.717) is 11.3 Å². The second-order valence-electron chi connectivity index (χ2n) is 4.83. The molecule has 0 aliphatic carbocycles. The van der Waals surface area contributed by atoms with Gasteiger partial charge in [0.1, 0.15) is 0 Å². The van der Waals surface area contributed by atoms with Gasteiger partial charge in [-0.3, -0.25) is 4.31 Å². The van der Waals surface area contributed by atoms with Gasteiger partial charge < -0.3 is 4.74 Å². The summed E-state index contributed by atoms with van der Waals surface area (Å²) in [6.45, 7) is 1.89. The van der Waals surface area contributed by atoms with Crippen molar-refractivity contribution < 1.29 is 17.9 Å². The molecule has 0 heterocycles. The molecule has 0 radical (unpaired) electrons. The van der Waals surface area contributed by atoms with Crippen molar-refractivity contribution in [1.29, 1.82) is 0 Å². The van der Waals surface area contributed by atoms with E-state index in [2.05, 4.69) is 4.74 Å². The van der Waals surface area contributed by atoms with E-state index in [1.54, 1.807) is 42.5 Å². The zero-order valence-corrected chi connectivity index (χ0v) is 13.4. The van der Waals surface area contributed by atoms with Crippen LogP contribution in [-0.2, 0) is 14.8 Å². The molecule has 0 N–H and O–H groups in total. The first-order valence-electron chi connectivity index (χ1n) is 6.60. The van der Waals surface area contributed by atoms with Gasteiger partial charge in [0.15, 0.2) is 0 Å². The van der Waals surface area contributed by atoms with Crippen molar-refractivity contribution in [1.82, 2.24) is 0 Å². The van der Waals surface area contributed by atoms with Crippen LogP contribution in [-0.4, -0.2) is 28.5 Å². The second kappa shape index (κ2) is 6.19. The Labute approximate surface area is 130 Å². The van der Waals surface area contributed by atoms with Crippen LogP contribution in [0.15, 0.2) is 53.4 Å². The molecule has 0 saturated heterocycles. The first-order valence-corrected chi connectivity index (χ1v) is 8.04. The number of anilines is 1. The quantitative estimate of drug-likeness (QED) is 0.813. The lowest BCUT2D eigenvalue weighted by molar-refractivity contribution is 0.0600. The van der Waals surface area contributed by atoms with E-state index < -0.39 is 16.0 Å².